The van der Waals surface area contributed by atoms with Crippen LogP contribution in [0.1, 0.15) is 53.0 Å². The molecular formula is C17H26N2O2. The molecule has 0 spiro atoms. The Labute approximate surface area is 127 Å². The predicted octanol–water partition coefficient (Wildman–Crippen LogP) is 3.23. The highest BCUT2D eigenvalue weighted by Crippen LogP contribution is 2.23. The van der Waals surface area contributed by atoms with Crippen molar-refractivity contribution in [1.82, 2.24) is 5.32 Å². The molecule has 4 nitrogen and oxygen atoms in total. The summed E-state index contributed by atoms with van der Waals surface area (Å²) < 4.78 is 0. The summed E-state index contributed by atoms with van der Waals surface area (Å²) in [6.07, 6.45) is 0.701. The zero-order chi connectivity index (χ0) is 16.0. The van der Waals surface area contributed by atoms with Crippen molar-refractivity contribution in [1.29, 1.82) is 0 Å². The maximum absolute atomic E-state index is 11.8. The average Bonchev–Trinajstić information content (AvgIpc) is 2.37. The van der Waals surface area contributed by atoms with E-state index in [9.17, 15) is 9.59 Å². The fraction of sp³-hybridized carbons (Fsp3) is 0.529. The lowest BCUT2D eigenvalue weighted by atomic mass is 9.87. The molecule has 4 heteroatoms. The van der Waals surface area contributed by atoms with Crippen molar-refractivity contribution >= 4 is 17.5 Å². The van der Waals surface area contributed by atoms with Crippen LogP contribution in [0.15, 0.2) is 24.3 Å². The molecule has 0 radical (unpaired) electrons. The van der Waals surface area contributed by atoms with E-state index in [1.54, 1.807) is 0 Å². The lowest BCUT2D eigenvalue weighted by molar-refractivity contribution is -0.127. The van der Waals surface area contributed by atoms with Crippen LogP contribution in [0, 0.1) is 0 Å². The monoisotopic (exact) mass is 290 g/mol. The lowest BCUT2D eigenvalue weighted by Gasteiger charge is -2.19. The highest BCUT2D eigenvalue weighted by molar-refractivity contribution is 6.03. The molecule has 1 atom stereocenters. The van der Waals surface area contributed by atoms with Crippen molar-refractivity contribution in [2.24, 2.45) is 0 Å². The van der Waals surface area contributed by atoms with Gasteiger partial charge in [-0.25, -0.2) is 0 Å². The van der Waals surface area contributed by atoms with Crippen LogP contribution in [0.4, 0.5) is 5.69 Å². The summed E-state index contributed by atoms with van der Waals surface area (Å²) in [5, 5.41) is 5.52. The molecule has 1 aromatic carbocycles. The molecule has 1 aromatic rings. The van der Waals surface area contributed by atoms with Crippen LogP contribution in [0.2, 0.25) is 0 Å². The molecule has 116 valence electrons. The zero-order valence-corrected chi connectivity index (χ0v) is 13.6. The van der Waals surface area contributed by atoms with E-state index in [2.05, 4.69) is 31.4 Å². The fourth-order valence-electron chi connectivity index (χ4n) is 1.83. The molecule has 1 rings (SSSR count). The Hall–Kier alpha value is -1.84. The fourth-order valence-corrected chi connectivity index (χ4v) is 1.83. The van der Waals surface area contributed by atoms with E-state index in [4.69, 9.17) is 0 Å². The highest BCUT2D eigenvalue weighted by Gasteiger charge is 2.14. The molecule has 0 heterocycles. The largest absolute Gasteiger partial charge is 0.353 e. The number of benzene rings is 1. The molecule has 0 saturated heterocycles. The quantitative estimate of drug-likeness (QED) is 0.818. The van der Waals surface area contributed by atoms with Gasteiger partial charge in [0.25, 0.3) is 0 Å². The molecule has 2 amide bonds. The molecule has 21 heavy (non-hydrogen) atoms. The van der Waals surface area contributed by atoms with Crippen LogP contribution in [0.5, 0.6) is 0 Å². The summed E-state index contributed by atoms with van der Waals surface area (Å²) in [7, 11) is 0. The average molecular weight is 290 g/mol. The predicted molar refractivity (Wildman–Crippen MR) is 86.3 cm³/mol. The summed E-state index contributed by atoms with van der Waals surface area (Å²) in [6.45, 7) is 10.3. The molecular weight excluding hydrogens is 264 g/mol. The molecule has 1 unspecified atom stereocenters. The van der Waals surface area contributed by atoms with Crippen LogP contribution in [-0.2, 0) is 15.0 Å². The number of rotatable bonds is 5. The summed E-state index contributed by atoms with van der Waals surface area (Å²) in [4.78, 5) is 23.4. The van der Waals surface area contributed by atoms with E-state index in [1.165, 1.54) is 5.56 Å². The van der Waals surface area contributed by atoms with Crippen LogP contribution in [0.25, 0.3) is 0 Å². The van der Waals surface area contributed by atoms with Gasteiger partial charge in [0, 0.05) is 11.7 Å². The van der Waals surface area contributed by atoms with Crippen molar-refractivity contribution < 1.29 is 9.59 Å². The second-order valence-electron chi connectivity index (χ2n) is 6.43. The Balaban J connectivity index is 2.53. The molecule has 0 aliphatic heterocycles. The number of hydrogen-bond donors (Lipinski definition) is 2. The van der Waals surface area contributed by atoms with Gasteiger partial charge in [-0.15, -0.1) is 0 Å². The molecule has 2 N–H and O–H groups in total. The van der Waals surface area contributed by atoms with Crippen molar-refractivity contribution in [3.8, 4) is 0 Å². The minimum atomic E-state index is -0.292. The first-order chi connectivity index (χ1) is 9.72. The van der Waals surface area contributed by atoms with Gasteiger partial charge in [-0.05, 0) is 36.5 Å². The van der Waals surface area contributed by atoms with Gasteiger partial charge in [-0.1, -0.05) is 39.8 Å². The van der Waals surface area contributed by atoms with Crippen LogP contribution in [0.3, 0.4) is 0 Å². The molecule has 0 fully saturated rings. The maximum atomic E-state index is 11.8. The maximum Gasteiger partial charge on any atom is 0.233 e. The van der Waals surface area contributed by atoms with Gasteiger partial charge in [-0.3, -0.25) is 9.59 Å². The van der Waals surface area contributed by atoms with E-state index < -0.39 is 0 Å². The molecule has 0 aliphatic rings. The van der Waals surface area contributed by atoms with E-state index in [0.717, 1.165) is 6.42 Å². The normalized spacial score (nSPS) is 12.6. The number of amides is 2. The van der Waals surface area contributed by atoms with Gasteiger partial charge in [0.05, 0.1) is 0 Å². The van der Waals surface area contributed by atoms with E-state index in [0.29, 0.717) is 5.69 Å². The van der Waals surface area contributed by atoms with Crippen LogP contribution >= 0.6 is 0 Å². The summed E-state index contributed by atoms with van der Waals surface area (Å²) >= 11 is 0. The third-order valence-corrected chi connectivity index (χ3v) is 3.38. The first-order valence-corrected chi connectivity index (χ1v) is 7.42. The molecule has 0 bridgehead atoms. The van der Waals surface area contributed by atoms with Gasteiger partial charge in [-0.2, -0.15) is 0 Å². The number of carbonyl (C=O) groups is 2. The third-order valence-electron chi connectivity index (χ3n) is 3.38. The lowest BCUT2D eigenvalue weighted by Crippen LogP contribution is -2.34. The van der Waals surface area contributed by atoms with Crippen molar-refractivity contribution in [2.45, 2.75) is 58.9 Å². The van der Waals surface area contributed by atoms with Crippen molar-refractivity contribution in [2.75, 3.05) is 5.32 Å². The molecule has 0 aliphatic carbocycles. The second kappa shape index (κ2) is 7.25. The Morgan fingerprint density at radius 2 is 1.67 bits per heavy atom. The summed E-state index contributed by atoms with van der Waals surface area (Å²) in [5.41, 5.74) is 2.00. The summed E-state index contributed by atoms with van der Waals surface area (Å²) in [6, 6.07) is 7.82. The SMILES string of the molecule is CCC(C)NC(=O)CC(=O)Nc1ccc(C(C)(C)C)cc1. The molecule has 0 aromatic heterocycles. The van der Waals surface area contributed by atoms with E-state index in [1.807, 2.05) is 38.1 Å². The first-order valence-electron chi connectivity index (χ1n) is 7.42. The Morgan fingerprint density at radius 3 is 2.14 bits per heavy atom. The Morgan fingerprint density at radius 1 is 1.10 bits per heavy atom. The number of nitrogens with one attached hydrogen (secondary N) is 2. The smallest absolute Gasteiger partial charge is 0.233 e. The first kappa shape index (κ1) is 17.2. The van der Waals surface area contributed by atoms with E-state index >= 15 is 0 Å². The Kier molecular flexibility index (Phi) is 5.94. The third kappa shape index (κ3) is 5.98. The van der Waals surface area contributed by atoms with Gasteiger partial charge in [0.2, 0.25) is 11.8 Å². The van der Waals surface area contributed by atoms with E-state index in [-0.39, 0.29) is 29.7 Å². The van der Waals surface area contributed by atoms with Gasteiger partial charge < -0.3 is 10.6 Å². The standard InChI is InChI=1S/C17H26N2O2/c1-6-12(2)18-15(20)11-16(21)19-14-9-7-13(8-10-14)17(3,4)5/h7-10,12H,6,11H2,1-5H3,(H,18,20)(H,19,21). The topological polar surface area (TPSA) is 58.2 Å². The molecule has 0 saturated carbocycles. The van der Waals surface area contributed by atoms with Gasteiger partial charge >= 0.3 is 0 Å². The van der Waals surface area contributed by atoms with Crippen molar-refractivity contribution in [3.05, 3.63) is 29.8 Å². The zero-order valence-electron chi connectivity index (χ0n) is 13.6. The minimum absolute atomic E-state index is 0.0821. The second-order valence-corrected chi connectivity index (χ2v) is 6.43. The Bertz CT molecular complexity index is 487. The number of carbonyl (C=O) groups excluding carboxylic acids is 2. The van der Waals surface area contributed by atoms with Crippen molar-refractivity contribution in [3.63, 3.8) is 0 Å². The van der Waals surface area contributed by atoms with Crippen LogP contribution < -0.4 is 10.6 Å². The number of anilines is 1. The number of hydrogen-bond acceptors (Lipinski definition) is 2. The van der Waals surface area contributed by atoms with Crippen LogP contribution in [-0.4, -0.2) is 17.9 Å². The highest BCUT2D eigenvalue weighted by atomic mass is 16.2. The summed E-state index contributed by atoms with van der Waals surface area (Å²) in [5.74, 6) is -0.535. The minimum Gasteiger partial charge on any atom is -0.353 e. The van der Waals surface area contributed by atoms with Gasteiger partial charge in [0.1, 0.15) is 6.42 Å². The van der Waals surface area contributed by atoms with Gasteiger partial charge in [0.15, 0.2) is 0 Å².